The van der Waals surface area contributed by atoms with Crippen LogP contribution >= 0.6 is 15.9 Å². The maximum Gasteiger partial charge on any atom is 0.335 e. The maximum atomic E-state index is 11.1. The number of halogens is 1. The van der Waals surface area contributed by atoms with Gasteiger partial charge in [-0.2, -0.15) is 0 Å². The van der Waals surface area contributed by atoms with E-state index in [1.165, 1.54) is 5.56 Å². The van der Waals surface area contributed by atoms with Crippen LogP contribution in [0.25, 0.3) is 0 Å². The Balaban J connectivity index is 1.73. The number of carbonyl (C=O) groups is 1. The molecule has 2 N–H and O–H groups in total. The molecule has 4 rings (SSSR count). The van der Waals surface area contributed by atoms with Crippen LogP contribution < -0.4 is 5.32 Å². The predicted molar refractivity (Wildman–Crippen MR) is 95.3 cm³/mol. The molecule has 0 spiro atoms. The van der Waals surface area contributed by atoms with Crippen molar-refractivity contribution in [1.29, 1.82) is 0 Å². The van der Waals surface area contributed by atoms with Gasteiger partial charge in [-0.05, 0) is 48.7 Å². The van der Waals surface area contributed by atoms with Crippen molar-refractivity contribution in [3.8, 4) is 0 Å². The number of anilines is 1. The molecular weight excluding hydrogens is 370 g/mol. The highest BCUT2D eigenvalue weighted by Crippen LogP contribution is 2.49. The number of hydrogen-bond donors (Lipinski definition) is 2. The molecule has 2 aromatic rings. The molecule has 1 fully saturated rings. The van der Waals surface area contributed by atoms with Crippen molar-refractivity contribution in [3.05, 3.63) is 63.6 Å². The van der Waals surface area contributed by atoms with Gasteiger partial charge in [0.2, 0.25) is 0 Å². The zero-order valence-electron chi connectivity index (χ0n) is 13.0. The lowest BCUT2D eigenvalue weighted by molar-refractivity contribution is -0.0381. The van der Waals surface area contributed by atoms with E-state index < -0.39 is 5.97 Å². The molecule has 5 heteroatoms. The van der Waals surface area contributed by atoms with Crippen LogP contribution in [-0.2, 0) is 4.74 Å². The number of carboxylic acid groups (broad SMARTS) is 1. The van der Waals surface area contributed by atoms with Gasteiger partial charge in [0.25, 0.3) is 0 Å². The molecule has 124 valence electrons. The number of aromatic carboxylic acids is 1. The highest BCUT2D eigenvalue weighted by Gasteiger charge is 2.39. The summed E-state index contributed by atoms with van der Waals surface area (Å²) < 4.78 is 7.18. The second-order valence-electron chi connectivity index (χ2n) is 6.38. The lowest BCUT2D eigenvalue weighted by atomic mass is 9.77. The van der Waals surface area contributed by atoms with Gasteiger partial charge in [0.05, 0.1) is 17.7 Å². The number of nitrogens with one attached hydrogen (secondary N) is 1. The lowest BCUT2D eigenvalue weighted by Gasteiger charge is -2.43. The standard InChI is InChI=1S/C19H18BrNO3/c20-13-7-8-16-15(10-13)18-14(2-1-9-24-18)17(21-16)11-3-5-12(6-4-11)19(22)23/h3-8,10,14,17-18,21H,1-2,9H2,(H,22,23)/t14-,17?,18-/m0/s1. The van der Waals surface area contributed by atoms with Crippen molar-refractivity contribution in [1.82, 2.24) is 0 Å². The summed E-state index contributed by atoms with van der Waals surface area (Å²) in [6, 6.07) is 13.5. The molecule has 0 amide bonds. The molecule has 2 heterocycles. The Bertz CT molecular complexity index is 775. The highest BCUT2D eigenvalue weighted by atomic mass is 79.9. The van der Waals surface area contributed by atoms with E-state index in [4.69, 9.17) is 9.84 Å². The van der Waals surface area contributed by atoms with Gasteiger partial charge in [-0.1, -0.05) is 28.1 Å². The summed E-state index contributed by atoms with van der Waals surface area (Å²) in [5, 5.41) is 12.7. The third-order valence-corrected chi connectivity index (χ3v) is 5.44. The molecule has 0 bridgehead atoms. The molecule has 0 radical (unpaired) electrons. The van der Waals surface area contributed by atoms with Crippen molar-refractivity contribution in [2.75, 3.05) is 11.9 Å². The molecular formula is C19H18BrNO3. The molecule has 0 aromatic heterocycles. The monoisotopic (exact) mass is 387 g/mol. The predicted octanol–water partition coefficient (Wildman–Crippen LogP) is 4.78. The minimum absolute atomic E-state index is 0.0802. The zero-order valence-corrected chi connectivity index (χ0v) is 14.6. The van der Waals surface area contributed by atoms with Gasteiger partial charge in [-0.3, -0.25) is 0 Å². The van der Waals surface area contributed by atoms with Gasteiger partial charge in [-0.25, -0.2) is 4.79 Å². The number of carboxylic acids is 1. The van der Waals surface area contributed by atoms with Gasteiger partial charge < -0.3 is 15.2 Å². The van der Waals surface area contributed by atoms with Crippen LogP contribution in [0, 0.1) is 5.92 Å². The minimum atomic E-state index is -0.896. The Morgan fingerprint density at radius 3 is 2.75 bits per heavy atom. The lowest BCUT2D eigenvalue weighted by Crippen LogP contribution is -2.36. The normalized spacial score (nSPS) is 25.3. The molecule has 2 aliphatic rings. The molecule has 2 aliphatic heterocycles. The van der Waals surface area contributed by atoms with Crippen molar-refractivity contribution >= 4 is 27.6 Å². The molecule has 0 saturated carbocycles. The minimum Gasteiger partial charge on any atom is -0.478 e. The van der Waals surface area contributed by atoms with Gasteiger partial charge in [0.1, 0.15) is 0 Å². The van der Waals surface area contributed by atoms with Crippen molar-refractivity contribution in [3.63, 3.8) is 0 Å². The van der Waals surface area contributed by atoms with E-state index >= 15 is 0 Å². The SMILES string of the molecule is O=C(O)c1ccc(C2Nc3ccc(Br)cc3[C@H]3OCCC[C@@H]23)cc1. The van der Waals surface area contributed by atoms with E-state index in [2.05, 4.69) is 33.4 Å². The van der Waals surface area contributed by atoms with E-state index in [1.807, 2.05) is 18.2 Å². The van der Waals surface area contributed by atoms with Crippen LogP contribution in [0.3, 0.4) is 0 Å². The first kappa shape index (κ1) is 15.7. The van der Waals surface area contributed by atoms with Gasteiger partial charge in [-0.15, -0.1) is 0 Å². The molecule has 2 aromatic carbocycles. The summed E-state index contributed by atoms with van der Waals surface area (Å²) in [4.78, 5) is 11.1. The van der Waals surface area contributed by atoms with Crippen LogP contribution in [0.2, 0.25) is 0 Å². The van der Waals surface area contributed by atoms with Crippen molar-refractivity contribution in [2.45, 2.75) is 25.0 Å². The molecule has 1 saturated heterocycles. The fourth-order valence-electron chi connectivity index (χ4n) is 3.80. The Labute approximate surface area is 149 Å². The van der Waals surface area contributed by atoms with E-state index in [0.29, 0.717) is 11.5 Å². The smallest absolute Gasteiger partial charge is 0.335 e. The third kappa shape index (κ3) is 2.72. The fraction of sp³-hybridized carbons (Fsp3) is 0.316. The summed E-state index contributed by atoms with van der Waals surface area (Å²) in [5.74, 6) is -0.552. The Morgan fingerprint density at radius 1 is 1.21 bits per heavy atom. The summed E-state index contributed by atoms with van der Waals surface area (Å²) in [7, 11) is 0. The second-order valence-corrected chi connectivity index (χ2v) is 7.29. The summed E-state index contributed by atoms with van der Waals surface area (Å²) in [6.07, 6.45) is 2.22. The Hall–Kier alpha value is -1.85. The van der Waals surface area contributed by atoms with Crippen molar-refractivity contribution < 1.29 is 14.6 Å². The largest absolute Gasteiger partial charge is 0.478 e. The van der Waals surface area contributed by atoms with E-state index in [-0.39, 0.29) is 12.1 Å². The molecule has 1 unspecified atom stereocenters. The van der Waals surface area contributed by atoms with E-state index in [0.717, 1.165) is 35.2 Å². The third-order valence-electron chi connectivity index (χ3n) is 4.94. The van der Waals surface area contributed by atoms with Gasteiger partial charge >= 0.3 is 5.97 Å². The quantitative estimate of drug-likeness (QED) is 0.777. The number of fused-ring (bicyclic) bond motifs is 3. The zero-order chi connectivity index (χ0) is 16.7. The van der Waals surface area contributed by atoms with Crippen LogP contribution in [0.1, 0.15) is 46.5 Å². The first-order chi connectivity index (χ1) is 11.6. The number of benzene rings is 2. The maximum absolute atomic E-state index is 11.1. The molecule has 3 atom stereocenters. The van der Waals surface area contributed by atoms with Gasteiger partial charge in [0, 0.05) is 28.2 Å². The summed E-state index contributed by atoms with van der Waals surface area (Å²) >= 11 is 3.55. The Morgan fingerprint density at radius 2 is 2.00 bits per heavy atom. The molecule has 24 heavy (non-hydrogen) atoms. The highest BCUT2D eigenvalue weighted by molar-refractivity contribution is 9.10. The number of ether oxygens (including phenoxy) is 1. The average Bonchev–Trinajstić information content (AvgIpc) is 2.61. The van der Waals surface area contributed by atoms with E-state index in [1.54, 1.807) is 12.1 Å². The second kappa shape index (κ2) is 6.22. The van der Waals surface area contributed by atoms with E-state index in [9.17, 15) is 4.79 Å². The average molecular weight is 388 g/mol. The summed E-state index contributed by atoms with van der Waals surface area (Å²) in [6.45, 7) is 0.789. The topological polar surface area (TPSA) is 58.6 Å². The summed E-state index contributed by atoms with van der Waals surface area (Å²) in [5.41, 5.74) is 3.71. The van der Waals surface area contributed by atoms with Crippen molar-refractivity contribution in [2.24, 2.45) is 5.92 Å². The van der Waals surface area contributed by atoms with Crippen LogP contribution in [0.15, 0.2) is 46.9 Å². The molecule has 0 aliphatic carbocycles. The Kier molecular flexibility index (Phi) is 4.06. The van der Waals surface area contributed by atoms with Crippen LogP contribution in [-0.4, -0.2) is 17.7 Å². The molecule has 4 nitrogen and oxygen atoms in total. The van der Waals surface area contributed by atoms with Gasteiger partial charge in [0.15, 0.2) is 0 Å². The first-order valence-electron chi connectivity index (χ1n) is 8.14. The number of hydrogen-bond acceptors (Lipinski definition) is 3. The number of rotatable bonds is 2. The van der Waals surface area contributed by atoms with Crippen LogP contribution in [0.5, 0.6) is 0 Å². The van der Waals surface area contributed by atoms with Crippen LogP contribution in [0.4, 0.5) is 5.69 Å². The first-order valence-corrected chi connectivity index (χ1v) is 8.93. The fourth-order valence-corrected chi connectivity index (χ4v) is 4.18.